The number of nitrogens with zero attached hydrogens (tertiary/aromatic N) is 1. The second-order valence-corrected chi connectivity index (χ2v) is 5.40. The fraction of sp³-hybridized carbons (Fsp3) is 0.533. The third kappa shape index (κ3) is 3.70. The van der Waals surface area contributed by atoms with Gasteiger partial charge in [-0.05, 0) is 30.0 Å². The van der Waals surface area contributed by atoms with Gasteiger partial charge in [0, 0.05) is 19.1 Å². The number of nitrogens with two attached hydrogens (primary N) is 1. The molecular weight excluding hydrogens is 240 g/mol. The number of carbonyl (C=O) groups is 1. The second kappa shape index (κ2) is 6.06. The molecule has 0 aromatic heterocycles. The molecule has 0 spiro atoms. The number of carbonyl (C=O) groups excluding carboxylic acids is 1. The van der Waals surface area contributed by atoms with Crippen LogP contribution in [0.2, 0.25) is 0 Å². The quantitative estimate of drug-likeness (QED) is 0.899. The Bertz CT molecular complexity index is 446. The Balaban J connectivity index is 1.88. The molecule has 1 heterocycles. The van der Waals surface area contributed by atoms with Crippen molar-refractivity contribution in [1.29, 1.82) is 0 Å². The minimum atomic E-state index is 0.0166. The van der Waals surface area contributed by atoms with Crippen LogP contribution < -0.4 is 10.5 Å². The Morgan fingerprint density at radius 2 is 2.32 bits per heavy atom. The molecule has 2 N–H and O–H groups in total. The van der Waals surface area contributed by atoms with Crippen molar-refractivity contribution in [1.82, 2.24) is 4.90 Å². The van der Waals surface area contributed by atoms with Crippen LogP contribution in [0.4, 0.5) is 0 Å². The first-order valence-corrected chi connectivity index (χ1v) is 6.82. The van der Waals surface area contributed by atoms with Crippen LogP contribution in [0.15, 0.2) is 24.3 Å². The van der Waals surface area contributed by atoms with E-state index in [1.165, 1.54) is 5.56 Å². The van der Waals surface area contributed by atoms with E-state index in [1.54, 1.807) is 4.90 Å². The Morgan fingerprint density at radius 1 is 1.53 bits per heavy atom. The van der Waals surface area contributed by atoms with Gasteiger partial charge in [-0.25, -0.2) is 0 Å². The predicted octanol–water partition coefficient (Wildman–Crippen LogP) is 1.75. The summed E-state index contributed by atoms with van der Waals surface area (Å²) >= 11 is 0. The standard InChI is InChI=1S/C15H22N2O2/c1-11(2)12-4-3-5-14(8-12)19-10-15(18)17-7-6-13(16)9-17/h3-5,8,11,13H,6-7,9-10,16H2,1-2H3/t13-/m0/s1. The average molecular weight is 262 g/mol. The lowest BCUT2D eigenvalue weighted by Gasteiger charge is -2.16. The molecule has 0 aliphatic carbocycles. The van der Waals surface area contributed by atoms with Gasteiger partial charge < -0.3 is 15.4 Å². The molecule has 1 aromatic rings. The van der Waals surface area contributed by atoms with E-state index in [1.807, 2.05) is 18.2 Å². The van der Waals surface area contributed by atoms with Crippen molar-refractivity contribution in [2.75, 3.05) is 19.7 Å². The summed E-state index contributed by atoms with van der Waals surface area (Å²) < 4.78 is 5.57. The van der Waals surface area contributed by atoms with Gasteiger partial charge in [0.1, 0.15) is 5.75 Å². The zero-order valence-electron chi connectivity index (χ0n) is 11.6. The Labute approximate surface area is 114 Å². The highest BCUT2D eigenvalue weighted by molar-refractivity contribution is 5.78. The maximum absolute atomic E-state index is 11.9. The number of amides is 1. The SMILES string of the molecule is CC(C)c1cccc(OCC(=O)N2CC[C@H](N)C2)c1. The lowest BCUT2D eigenvalue weighted by atomic mass is 10.0. The molecule has 0 bridgehead atoms. The summed E-state index contributed by atoms with van der Waals surface area (Å²) in [5.74, 6) is 1.22. The van der Waals surface area contributed by atoms with Gasteiger partial charge in [-0.3, -0.25) is 4.79 Å². The summed E-state index contributed by atoms with van der Waals surface area (Å²) in [6, 6.07) is 8.02. The average Bonchev–Trinajstić information content (AvgIpc) is 2.83. The molecule has 4 nitrogen and oxygen atoms in total. The van der Waals surface area contributed by atoms with Gasteiger partial charge in [0.2, 0.25) is 0 Å². The van der Waals surface area contributed by atoms with Crippen LogP contribution in [0.25, 0.3) is 0 Å². The molecule has 1 atom stereocenters. The maximum Gasteiger partial charge on any atom is 0.260 e. The molecule has 19 heavy (non-hydrogen) atoms. The van der Waals surface area contributed by atoms with Crippen molar-refractivity contribution in [2.45, 2.75) is 32.2 Å². The van der Waals surface area contributed by atoms with E-state index in [0.717, 1.165) is 18.7 Å². The first-order chi connectivity index (χ1) is 9.06. The minimum absolute atomic E-state index is 0.0166. The predicted molar refractivity (Wildman–Crippen MR) is 75.2 cm³/mol. The molecular formula is C15H22N2O2. The van der Waals surface area contributed by atoms with Gasteiger partial charge in [-0.15, -0.1) is 0 Å². The molecule has 104 valence electrons. The number of benzene rings is 1. The highest BCUT2D eigenvalue weighted by atomic mass is 16.5. The lowest BCUT2D eigenvalue weighted by Crippen LogP contribution is -2.35. The molecule has 1 aliphatic rings. The number of ether oxygens (including phenoxy) is 1. The van der Waals surface area contributed by atoms with Crippen LogP contribution >= 0.6 is 0 Å². The zero-order valence-corrected chi connectivity index (χ0v) is 11.6. The van der Waals surface area contributed by atoms with Crippen molar-refractivity contribution >= 4 is 5.91 Å². The number of hydrogen-bond acceptors (Lipinski definition) is 3. The van der Waals surface area contributed by atoms with Gasteiger partial charge >= 0.3 is 0 Å². The third-order valence-corrected chi connectivity index (χ3v) is 3.46. The molecule has 0 saturated carbocycles. The molecule has 1 aliphatic heterocycles. The van der Waals surface area contributed by atoms with E-state index in [4.69, 9.17) is 10.5 Å². The third-order valence-electron chi connectivity index (χ3n) is 3.46. The molecule has 1 amide bonds. The number of likely N-dealkylation sites (tertiary alicyclic amines) is 1. The van der Waals surface area contributed by atoms with Crippen molar-refractivity contribution in [3.05, 3.63) is 29.8 Å². The number of hydrogen-bond donors (Lipinski definition) is 1. The summed E-state index contributed by atoms with van der Waals surface area (Å²) in [7, 11) is 0. The fourth-order valence-corrected chi connectivity index (χ4v) is 2.21. The van der Waals surface area contributed by atoms with Crippen molar-refractivity contribution in [3.63, 3.8) is 0 Å². The summed E-state index contributed by atoms with van der Waals surface area (Å²) in [6.07, 6.45) is 0.884. The fourth-order valence-electron chi connectivity index (χ4n) is 2.21. The Hall–Kier alpha value is -1.55. The Morgan fingerprint density at radius 3 is 2.95 bits per heavy atom. The van der Waals surface area contributed by atoms with Gasteiger partial charge in [0.05, 0.1) is 0 Å². The van der Waals surface area contributed by atoms with Crippen molar-refractivity contribution in [2.24, 2.45) is 5.73 Å². The molecule has 1 fully saturated rings. The normalized spacial score (nSPS) is 18.9. The van der Waals surface area contributed by atoms with Crippen molar-refractivity contribution in [3.8, 4) is 5.75 Å². The monoisotopic (exact) mass is 262 g/mol. The smallest absolute Gasteiger partial charge is 0.260 e. The van der Waals surface area contributed by atoms with Crippen molar-refractivity contribution < 1.29 is 9.53 Å². The first-order valence-electron chi connectivity index (χ1n) is 6.82. The van der Waals surface area contributed by atoms with Crippen LogP contribution in [0, 0.1) is 0 Å². The lowest BCUT2D eigenvalue weighted by molar-refractivity contribution is -0.132. The summed E-state index contributed by atoms with van der Waals surface area (Å²) in [5.41, 5.74) is 7.00. The van der Waals surface area contributed by atoms with E-state index in [9.17, 15) is 4.79 Å². The van der Waals surface area contributed by atoms with E-state index >= 15 is 0 Å². The van der Waals surface area contributed by atoms with E-state index in [2.05, 4.69) is 19.9 Å². The minimum Gasteiger partial charge on any atom is -0.484 e. The zero-order chi connectivity index (χ0) is 13.8. The highest BCUT2D eigenvalue weighted by Gasteiger charge is 2.23. The van der Waals surface area contributed by atoms with Crippen LogP contribution in [-0.2, 0) is 4.79 Å². The van der Waals surface area contributed by atoms with Gasteiger partial charge in [0.15, 0.2) is 6.61 Å². The maximum atomic E-state index is 11.9. The number of rotatable bonds is 4. The van der Waals surface area contributed by atoms with Crippen LogP contribution in [0.3, 0.4) is 0 Å². The summed E-state index contributed by atoms with van der Waals surface area (Å²) in [4.78, 5) is 13.7. The molecule has 4 heteroatoms. The summed E-state index contributed by atoms with van der Waals surface area (Å²) in [5, 5.41) is 0. The van der Waals surface area contributed by atoms with E-state index in [0.29, 0.717) is 12.5 Å². The molecule has 1 saturated heterocycles. The van der Waals surface area contributed by atoms with Crippen LogP contribution in [0.1, 0.15) is 31.7 Å². The van der Waals surface area contributed by atoms with Crippen LogP contribution in [-0.4, -0.2) is 36.5 Å². The van der Waals surface area contributed by atoms with Crippen LogP contribution in [0.5, 0.6) is 5.75 Å². The molecule has 1 aromatic carbocycles. The van der Waals surface area contributed by atoms with E-state index < -0.39 is 0 Å². The molecule has 2 rings (SSSR count). The Kier molecular flexibility index (Phi) is 4.43. The van der Waals surface area contributed by atoms with E-state index in [-0.39, 0.29) is 18.6 Å². The topological polar surface area (TPSA) is 55.6 Å². The summed E-state index contributed by atoms with van der Waals surface area (Å²) in [6.45, 7) is 5.75. The van der Waals surface area contributed by atoms with Gasteiger partial charge in [-0.1, -0.05) is 26.0 Å². The highest BCUT2D eigenvalue weighted by Crippen LogP contribution is 2.20. The first kappa shape index (κ1) is 13.9. The van der Waals surface area contributed by atoms with Gasteiger partial charge in [-0.2, -0.15) is 0 Å². The molecule has 0 unspecified atom stereocenters. The molecule has 0 radical (unpaired) electrons. The second-order valence-electron chi connectivity index (χ2n) is 5.40. The van der Waals surface area contributed by atoms with Gasteiger partial charge in [0.25, 0.3) is 5.91 Å². The largest absolute Gasteiger partial charge is 0.484 e.